The quantitative estimate of drug-likeness (QED) is 0.552. The maximum absolute atomic E-state index is 12.9. The number of nitrogens with one attached hydrogen (secondary N) is 1. The SMILES string of the molecule is CCNC(=O)[C@H](C)N(Cc1ccc(Br)cc1)C(=O)CSCc1ccc(Cl)cc1. The lowest BCUT2D eigenvalue weighted by atomic mass is 10.1. The van der Waals surface area contributed by atoms with Crippen molar-refractivity contribution in [2.45, 2.75) is 32.2 Å². The van der Waals surface area contributed by atoms with Gasteiger partial charge in [-0.25, -0.2) is 0 Å². The molecule has 0 bridgehead atoms. The van der Waals surface area contributed by atoms with Gasteiger partial charge in [-0.1, -0.05) is 51.8 Å². The zero-order valence-electron chi connectivity index (χ0n) is 16.0. The molecular formula is C21H24BrClN2O2S. The number of carbonyl (C=O) groups is 2. The van der Waals surface area contributed by atoms with Crippen LogP contribution in [0.5, 0.6) is 0 Å². The van der Waals surface area contributed by atoms with Gasteiger partial charge in [0.15, 0.2) is 0 Å². The maximum atomic E-state index is 12.9. The minimum absolute atomic E-state index is 0.0550. The molecule has 2 amide bonds. The highest BCUT2D eigenvalue weighted by Gasteiger charge is 2.25. The van der Waals surface area contributed by atoms with Crippen LogP contribution in [0.1, 0.15) is 25.0 Å². The Bertz CT molecular complexity index is 784. The van der Waals surface area contributed by atoms with Gasteiger partial charge >= 0.3 is 0 Å². The van der Waals surface area contributed by atoms with Crippen LogP contribution in [0.4, 0.5) is 0 Å². The molecule has 1 atom stereocenters. The van der Waals surface area contributed by atoms with Gasteiger partial charge in [-0.3, -0.25) is 9.59 Å². The minimum atomic E-state index is -0.535. The van der Waals surface area contributed by atoms with E-state index in [1.54, 1.807) is 11.8 Å². The Labute approximate surface area is 184 Å². The summed E-state index contributed by atoms with van der Waals surface area (Å²) in [6.45, 7) is 4.57. The average molecular weight is 484 g/mol. The number of rotatable bonds is 9. The van der Waals surface area contributed by atoms with E-state index < -0.39 is 6.04 Å². The van der Waals surface area contributed by atoms with E-state index in [1.165, 1.54) is 11.8 Å². The van der Waals surface area contributed by atoms with E-state index >= 15 is 0 Å². The summed E-state index contributed by atoms with van der Waals surface area (Å²) in [6, 6.07) is 14.8. The topological polar surface area (TPSA) is 49.4 Å². The van der Waals surface area contributed by atoms with E-state index in [4.69, 9.17) is 11.6 Å². The van der Waals surface area contributed by atoms with Crippen LogP contribution < -0.4 is 5.32 Å². The molecule has 0 spiro atoms. The third kappa shape index (κ3) is 7.15. The van der Waals surface area contributed by atoms with Gasteiger partial charge < -0.3 is 10.2 Å². The normalized spacial score (nSPS) is 11.7. The van der Waals surface area contributed by atoms with Crippen LogP contribution in [0.15, 0.2) is 53.0 Å². The molecule has 0 saturated carbocycles. The number of benzene rings is 2. The zero-order valence-corrected chi connectivity index (χ0v) is 19.1. The molecule has 150 valence electrons. The monoisotopic (exact) mass is 482 g/mol. The van der Waals surface area contributed by atoms with Crippen LogP contribution in [-0.4, -0.2) is 35.1 Å². The second kappa shape index (κ2) is 11.5. The molecule has 0 saturated heterocycles. The molecule has 0 fully saturated rings. The predicted molar refractivity (Wildman–Crippen MR) is 120 cm³/mol. The first kappa shape index (κ1) is 22.8. The van der Waals surface area contributed by atoms with Gasteiger partial charge in [-0.2, -0.15) is 0 Å². The first-order chi connectivity index (χ1) is 13.4. The molecule has 2 aromatic rings. The smallest absolute Gasteiger partial charge is 0.242 e. The zero-order chi connectivity index (χ0) is 20.5. The maximum Gasteiger partial charge on any atom is 0.242 e. The van der Waals surface area contributed by atoms with Crippen LogP contribution in [0.2, 0.25) is 5.02 Å². The van der Waals surface area contributed by atoms with Crippen molar-refractivity contribution in [3.05, 3.63) is 69.2 Å². The Kier molecular flexibility index (Phi) is 9.35. The number of halogens is 2. The number of likely N-dealkylation sites (N-methyl/N-ethyl adjacent to an activating group) is 1. The molecule has 2 rings (SSSR count). The molecule has 0 aromatic heterocycles. The van der Waals surface area contributed by atoms with Gasteiger partial charge in [-0.15, -0.1) is 11.8 Å². The van der Waals surface area contributed by atoms with E-state index in [1.807, 2.05) is 55.5 Å². The number of thioether (sulfide) groups is 1. The molecule has 2 aromatic carbocycles. The molecule has 4 nitrogen and oxygen atoms in total. The molecule has 0 aliphatic carbocycles. The number of nitrogens with zero attached hydrogens (tertiary/aromatic N) is 1. The van der Waals surface area contributed by atoms with Crippen molar-refractivity contribution in [1.82, 2.24) is 10.2 Å². The number of carbonyl (C=O) groups excluding carboxylic acids is 2. The lowest BCUT2D eigenvalue weighted by molar-refractivity contribution is -0.138. The van der Waals surface area contributed by atoms with Crippen LogP contribution in [0.3, 0.4) is 0 Å². The van der Waals surface area contributed by atoms with Crippen LogP contribution in [-0.2, 0) is 21.9 Å². The Morgan fingerprint density at radius 3 is 2.32 bits per heavy atom. The molecule has 28 heavy (non-hydrogen) atoms. The Hall–Kier alpha value is -1.50. The van der Waals surface area contributed by atoms with Gasteiger partial charge in [0, 0.05) is 28.3 Å². The van der Waals surface area contributed by atoms with E-state index in [0.717, 1.165) is 15.6 Å². The number of hydrogen-bond acceptors (Lipinski definition) is 3. The molecule has 7 heteroatoms. The van der Waals surface area contributed by atoms with Crippen molar-refractivity contribution >= 4 is 51.1 Å². The second-order valence-electron chi connectivity index (χ2n) is 6.34. The fraction of sp³-hybridized carbons (Fsp3) is 0.333. The summed E-state index contributed by atoms with van der Waals surface area (Å²) < 4.78 is 0.976. The van der Waals surface area contributed by atoms with Gasteiger partial charge in [0.05, 0.1) is 5.75 Å². The molecule has 0 unspecified atom stereocenters. The fourth-order valence-corrected chi connectivity index (χ4v) is 3.87. The van der Waals surface area contributed by atoms with Crippen molar-refractivity contribution in [3.8, 4) is 0 Å². The summed E-state index contributed by atoms with van der Waals surface area (Å²) in [5.74, 6) is 0.823. The summed E-state index contributed by atoms with van der Waals surface area (Å²) in [5, 5.41) is 3.50. The summed E-state index contributed by atoms with van der Waals surface area (Å²) >= 11 is 10.9. The highest BCUT2D eigenvalue weighted by molar-refractivity contribution is 9.10. The molecule has 0 heterocycles. The Morgan fingerprint density at radius 1 is 1.11 bits per heavy atom. The summed E-state index contributed by atoms with van der Waals surface area (Å²) in [4.78, 5) is 26.9. The molecular weight excluding hydrogens is 460 g/mol. The third-order valence-corrected chi connectivity index (χ3v) is 5.96. The van der Waals surface area contributed by atoms with Crippen molar-refractivity contribution in [2.24, 2.45) is 0 Å². The summed E-state index contributed by atoms with van der Waals surface area (Å²) in [6.07, 6.45) is 0. The lowest BCUT2D eigenvalue weighted by Gasteiger charge is -2.28. The molecule has 1 N–H and O–H groups in total. The van der Waals surface area contributed by atoms with Gasteiger partial charge in [0.25, 0.3) is 0 Å². The molecule has 0 aliphatic rings. The van der Waals surface area contributed by atoms with Crippen LogP contribution >= 0.6 is 39.3 Å². The Balaban J connectivity index is 2.03. The summed E-state index contributed by atoms with van der Waals surface area (Å²) in [5.41, 5.74) is 2.09. The van der Waals surface area contributed by atoms with Crippen molar-refractivity contribution < 1.29 is 9.59 Å². The van der Waals surface area contributed by atoms with Gasteiger partial charge in [0.1, 0.15) is 6.04 Å². The van der Waals surface area contributed by atoms with Crippen molar-refractivity contribution in [3.63, 3.8) is 0 Å². The van der Waals surface area contributed by atoms with E-state index in [2.05, 4.69) is 21.2 Å². The van der Waals surface area contributed by atoms with E-state index in [0.29, 0.717) is 29.6 Å². The first-order valence-corrected chi connectivity index (χ1v) is 11.4. The number of hydrogen-bond donors (Lipinski definition) is 1. The standard InChI is InChI=1S/C21H24BrClN2O2S/c1-3-24-21(27)15(2)25(12-16-4-8-18(22)9-5-16)20(26)14-28-13-17-6-10-19(23)11-7-17/h4-11,15H,3,12-14H2,1-2H3,(H,24,27)/t15-/m0/s1. The molecule has 0 aliphatic heterocycles. The predicted octanol–water partition coefficient (Wildman–Crippen LogP) is 4.89. The highest BCUT2D eigenvalue weighted by atomic mass is 79.9. The number of amides is 2. The first-order valence-electron chi connectivity index (χ1n) is 9.04. The van der Waals surface area contributed by atoms with Gasteiger partial charge in [-0.05, 0) is 49.2 Å². The highest BCUT2D eigenvalue weighted by Crippen LogP contribution is 2.18. The van der Waals surface area contributed by atoms with Crippen LogP contribution in [0, 0.1) is 0 Å². The second-order valence-corrected chi connectivity index (χ2v) is 8.68. The summed E-state index contributed by atoms with van der Waals surface area (Å²) in [7, 11) is 0. The van der Waals surface area contributed by atoms with Crippen molar-refractivity contribution in [2.75, 3.05) is 12.3 Å². The van der Waals surface area contributed by atoms with Crippen molar-refractivity contribution in [1.29, 1.82) is 0 Å². The van der Waals surface area contributed by atoms with Gasteiger partial charge in [0.2, 0.25) is 11.8 Å². The van der Waals surface area contributed by atoms with Crippen LogP contribution in [0.25, 0.3) is 0 Å². The fourth-order valence-electron chi connectivity index (χ4n) is 2.61. The average Bonchev–Trinajstić information content (AvgIpc) is 2.68. The lowest BCUT2D eigenvalue weighted by Crippen LogP contribution is -2.48. The van der Waals surface area contributed by atoms with E-state index in [9.17, 15) is 9.59 Å². The minimum Gasteiger partial charge on any atom is -0.355 e. The van der Waals surface area contributed by atoms with E-state index in [-0.39, 0.29) is 11.8 Å². The molecule has 0 radical (unpaired) electrons. The Morgan fingerprint density at radius 2 is 1.71 bits per heavy atom. The largest absolute Gasteiger partial charge is 0.355 e. The third-order valence-electron chi connectivity index (χ3n) is 4.19.